The fraction of sp³-hybridized carbons (Fsp3) is 0.308. The van der Waals surface area contributed by atoms with Gasteiger partial charge in [0, 0.05) is 19.1 Å². The highest BCUT2D eigenvalue weighted by Crippen LogP contribution is 2.35. The van der Waals surface area contributed by atoms with Crippen molar-refractivity contribution in [2.24, 2.45) is 0 Å². The van der Waals surface area contributed by atoms with Crippen LogP contribution in [0.3, 0.4) is 0 Å². The Morgan fingerprint density at radius 1 is 1.00 bits per heavy atom. The van der Waals surface area contributed by atoms with Gasteiger partial charge in [-0.15, -0.1) is 5.10 Å². The maximum atomic E-state index is 12.7. The second-order valence-corrected chi connectivity index (χ2v) is 9.89. The van der Waals surface area contributed by atoms with E-state index in [0.717, 1.165) is 42.8 Å². The summed E-state index contributed by atoms with van der Waals surface area (Å²) in [7, 11) is 0. The van der Waals surface area contributed by atoms with Gasteiger partial charge >= 0.3 is 5.69 Å². The van der Waals surface area contributed by atoms with Crippen LogP contribution in [0, 0.1) is 0 Å². The number of nitrogens with one attached hydrogen (secondary N) is 1. The molecular formula is C26H27N7OS. The summed E-state index contributed by atoms with van der Waals surface area (Å²) in [6.45, 7) is 3.84. The van der Waals surface area contributed by atoms with Crippen LogP contribution in [0.4, 0.5) is 0 Å². The standard InChI is InChI=1S/C26H27N7OS/c1-18(19-7-3-2-4-8-19)33-25(28-29-30-33)24(20-13-16-35-17-20)31-14-11-21(12-15-31)32-23-10-6-5-9-22(23)27-26(32)34/h2-10,13,16-18,21,24H,11-12,14-15H2,1H3,(H,27,34)/t18-,24-/m0/s1. The molecule has 2 atom stereocenters. The minimum Gasteiger partial charge on any atom is -0.306 e. The Morgan fingerprint density at radius 3 is 2.54 bits per heavy atom. The Labute approximate surface area is 206 Å². The van der Waals surface area contributed by atoms with Crippen molar-refractivity contribution >= 4 is 22.4 Å². The Bertz CT molecular complexity index is 1460. The first kappa shape index (κ1) is 21.9. The smallest absolute Gasteiger partial charge is 0.306 e. The van der Waals surface area contributed by atoms with Gasteiger partial charge in [0.05, 0.1) is 23.1 Å². The van der Waals surface area contributed by atoms with E-state index in [9.17, 15) is 4.79 Å². The van der Waals surface area contributed by atoms with Crippen LogP contribution in [0.15, 0.2) is 76.2 Å². The molecule has 0 radical (unpaired) electrons. The predicted octanol–water partition coefficient (Wildman–Crippen LogP) is 4.41. The molecule has 0 unspecified atom stereocenters. The minimum absolute atomic E-state index is 0.0182. The van der Waals surface area contributed by atoms with E-state index in [4.69, 9.17) is 0 Å². The summed E-state index contributed by atoms with van der Waals surface area (Å²) < 4.78 is 3.89. The van der Waals surface area contributed by atoms with E-state index in [1.165, 1.54) is 11.1 Å². The van der Waals surface area contributed by atoms with Crippen molar-refractivity contribution < 1.29 is 0 Å². The number of para-hydroxylation sites is 2. The number of nitrogens with zero attached hydrogens (tertiary/aromatic N) is 6. The van der Waals surface area contributed by atoms with Crippen LogP contribution in [-0.2, 0) is 0 Å². The predicted molar refractivity (Wildman–Crippen MR) is 137 cm³/mol. The summed E-state index contributed by atoms with van der Waals surface area (Å²) in [6, 6.07) is 20.6. The van der Waals surface area contributed by atoms with Crippen molar-refractivity contribution in [2.75, 3.05) is 13.1 Å². The topological polar surface area (TPSA) is 84.6 Å². The Morgan fingerprint density at radius 2 is 1.77 bits per heavy atom. The van der Waals surface area contributed by atoms with Crippen molar-refractivity contribution in [1.82, 2.24) is 34.7 Å². The molecule has 35 heavy (non-hydrogen) atoms. The van der Waals surface area contributed by atoms with Gasteiger partial charge in [0.1, 0.15) is 0 Å². The second kappa shape index (κ2) is 9.24. The van der Waals surface area contributed by atoms with Crippen LogP contribution in [0.2, 0.25) is 0 Å². The molecule has 0 aliphatic carbocycles. The minimum atomic E-state index is -0.0388. The molecule has 0 saturated carbocycles. The van der Waals surface area contributed by atoms with Gasteiger partial charge in [-0.25, -0.2) is 9.48 Å². The molecule has 2 aromatic carbocycles. The Hall–Kier alpha value is -3.56. The molecule has 0 amide bonds. The lowest BCUT2D eigenvalue weighted by Crippen LogP contribution is -2.40. The number of H-pyrrole nitrogens is 1. The number of tetrazole rings is 1. The highest BCUT2D eigenvalue weighted by Gasteiger charge is 2.33. The summed E-state index contributed by atoms with van der Waals surface area (Å²) >= 11 is 1.69. The van der Waals surface area contributed by atoms with Crippen LogP contribution in [0.25, 0.3) is 11.0 Å². The number of aromatic amines is 1. The zero-order valence-corrected chi connectivity index (χ0v) is 20.3. The number of hydrogen-bond acceptors (Lipinski definition) is 6. The first-order chi connectivity index (χ1) is 17.2. The largest absolute Gasteiger partial charge is 0.326 e. The maximum absolute atomic E-state index is 12.7. The normalized spacial score (nSPS) is 17.1. The molecule has 3 aromatic heterocycles. The SMILES string of the molecule is C[C@@H](c1ccccc1)n1nnnc1[C@H](c1ccsc1)N1CCC(n2c(=O)[nH]c3ccccc32)CC1. The number of thiophene rings is 1. The van der Waals surface area contributed by atoms with Gasteiger partial charge < -0.3 is 4.98 Å². The van der Waals surface area contributed by atoms with Gasteiger partial charge in [-0.05, 0) is 70.3 Å². The molecule has 1 aliphatic heterocycles. The summed E-state index contributed by atoms with van der Waals surface area (Å²) in [5, 5.41) is 17.3. The number of hydrogen-bond donors (Lipinski definition) is 1. The Kier molecular flexibility index (Phi) is 5.79. The molecule has 6 rings (SSSR count). The molecule has 5 aromatic rings. The highest BCUT2D eigenvalue weighted by atomic mass is 32.1. The van der Waals surface area contributed by atoms with Gasteiger partial charge in [0.15, 0.2) is 5.82 Å². The van der Waals surface area contributed by atoms with Crippen molar-refractivity contribution in [2.45, 2.75) is 37.9 Å². The molecule has 1 saturated heterocycles. The third kappa shape index (κ3) is 4.00. The van der Waals surface area contributed by atoms with Crippen molar-refractivity contribution in [3.8, 4) is 0 Å². The lowest BCUT2D eigenvalue weighted by molar-refractivity contribution is 0.146. The first-order valence-corrected chi connectivity index (χ1v) is 12.9. The first-order valence-electron chi connectivity index (χ1n) is 12.0. The van der Waals surface area contributed by atoms with E-state index in [1.807, 2.05) is 51.7 Å². The summed E-state index contributed by atoms with van der Waals surface area (Å²) in [5.74, 6) is 0.850. The fourth-order valence-electron chi connectivity index (χ4n) is 5.32. The highest BCUT2D eigenvalue weighted by molar-refractivity contribution is 7.08. The average Bonchev–Trinajstić information content (AvgIpc) is 3.65. The van der Waals surface area contributed by atoms with E-state index < -0.39 is 0 Å². The van der Waals surface area contributed by atoms with Crippen molar-refractivity contribution in [3.63, 3.8) is 0 Å². The fourth-order valence-corrected chi connectivity index (χ4v) is 6.00. The number of fused-ring (bicyclic) bond motifs is 1. The molecule has 4 heterocycles. The summed E-state index contributed by atoms with van der Waals surface area (Å²) in [5.41, 5.74) is 4.22. The number of piperidine rings is 1. The molecule has 178 valence electrons. The summed E-state index contributed by atoms with van der Waals surface area (Å²) in [6.07, 6.45) is 1.77. The lowest BCUT2D eigenvalue weighted by Gasteiger charge is -2.37. The monoisotopic (exact) mass is 485 g/mol. The molecular weight excluding hydrogens is 458 g/mol. The quantitative estimate of drug-likeness (QED) is 0.385. The van der Waals surface area contributed by atoms with Crippen LogP contribution >= 0.6 is 11.3 Å². The van der Waals surface area contributed by atoms with Crippen LogP contribution < -0.4 is 5.69 Å². The molecule has 1 N–H and O–H groups in total. The van der Waals surface area contributed by atoms with Crippen LogP contribution in [0.1, 0.15) is 54.8 Å². The van der Waals surface area contributed by atoms with E-state index in [1.54, 1.807) is 11.3 Å². The average molecular weight is 486 g/mol. The number of aromatic nitrogens is 6. The zero-order chi connectivity index (χ0) is 23.8. The molecule has 1 aliphatic rings. The van der Waals surface area contributed by atoms with Gasteiger partial charge in [-0.1, -0.05) is 42.5 Å². The maximum Gasteiger partial charge on any atom is 0.326 e. The van der Waals surface area contributed by atoms with Crippen molar-refractivity contribution in [3.05, 3.63) is 98.9 Å². The second-order valence-electron chi connectivity index (χ2n) is 9.11. The number of likely N-dealkylation sites (tertiary alicyclic amines) is 1. The number of rotatable bonds is 6. The van der Waals surface area contributed by atoms with Gasteiger partial charge in [0.25, 0.3) is 0 Å². The van der Waals surface area contributed by atoms with E-state index >= 15 is 0 Å². The van der Waals surface area contributed by atoms with E-state index in [2.05, 4.69) is 61.3 Å². The lowest BCUT2D eigenvalue weighted by atomic mass is 9.99. The van der Waals surface area contributed by atoms with Gasteiger partial charge in [-0.2, -0.15) is 11.3 Å². The third-order valence-corrected chi connectivity index (χ3v) is 7.83. The molecule has 8 nitrogen and oxygen atoms in total. The number of imidazole rings is 1. The van der Waals surface area contributed by atoms with E-state index in [0.29, 0.717) is 0 Å². The molecule has 0 spiro atoms. The van der Waals surface area contributed by atoms with Crippen molar-refractivity contribution in [1.29, 1.82) is 0 Å². The van der Waals surface area contributed by atoms with Gasteiger partial charge in [-0.3, -0.25) is 9.47 Å². The van der Waals surface area contributed by atoms with Crippen LogP contribution in [-0.4, -0.2) is 47.7 Å². The zero-order valence-electron chi connectivity index (χ0n) is 19.5. The third-order valence-electron chi connectivity index (χ3n) is 7.12. The van der Waals surface area contributed by atoms with Gasteiger partial charge in [0.2, 0.25) is 0 Å². The Balaban J connectivity index is 1.30. The summed E-state index contributed by atoms with van der Waals surface area (Å²) in [4.78, 5) is 18.2. The molecule has 0 bridgehead atoms. The van der Waals surface area contributed by atoms with Crippen LogP contribution in [0.5, 0.6) is 0 Å². The molecule has 9 heteroatoms. The molecule has 1 fully saturated rings. The number of benzene rings is 2. The van der Waals surface area contributed by atoms with E-state index in [-0.39, 0.29) is 23.8 Å².